The van der Waals surface area contributed by atoms with Gasteiger partial charge in [-0.15, -0.1) is 0 Å². The van der Waals surface area contributed by atoms with E-state index in [1.165, 1.54) is 24.3 Å². The molecule has 1 aliphatic heterocycles. The SMILES string of the molecule is Fc1ccc(C2=NN(c3ccccc3Br)C(c3ccc(F)cc3)C2)cc1. The molecule has 0 saturated carbocycles. The summed E-state index contributed by atoms with van der Waals surface area (Å²) in [6.45, 7) is 0. The molecule has 0 amide bonds. The molecule has 0 aliphatic carbocycles. The van der Waals surface area contributed by atoms with E-state index in [0.29, 0.717) is 6.42 Å². The van der Waals surface area contributed by atoms with Crippen molar-refractivity contribution < 1.29 is 8.78 Å². The van der Waals surface area contributed by atoms with Gasteiger partial charge in [0.05, 0.1) is 17.4 Å². The fourth-order valence-electron chi connectivity index (χ4n) is 3.13. The summed E-state index contributed by atoms with van der Waals surface area (Å²) in [6, 6.07) is 20.6. The Kier molecular flexibility index (Phi) is 4.55. The molecule has 0 fully saturated rings. The predicted octanol–water partition coefficient (Wildman–Crippen LogP) is 6.08. The monoisotopic (exact) mass is 412 g/mol. The molecular weight excluding hydrogens is 398 g/mol. The van der Waals surface area contributed by atoms with Gasteiger partial charge >= 0.3 is 0 Å². The van der Waals surface area contributed by atoms with Crippen molar-refractivity contribution in [2.75, 3.05) is 5.01 Å². The number of benzene rings is 3. The molecule has 1 unspecified atom stereocenters. The third kappa shape index (κ3) is 3.27. The lowest BCUT2D eigenvalue weighted by molar-refractivity contribution is 0.624. The highest BCUT2D eigenvalue weighted by Crippen LogP contribution is 2.39. The van der Waals surface area contributed by atoms with Crippen molar-refractivity contribution in [1.82, 2.24) is 0 Å². The molecule has 1 aliphatic rings. The molecule has 1 atom stereocenters. The van der Waals surface area contributed by atoms with E-state index in [1.807, 2.05) is 29.3 Å². The molecule has 3 aromatic rings. The van der Waals surface area contributed by atoms with Crippen LogP contribution in [0.2, 0.25) is 0 Å². The van der Waals surface area contributed by atoms with Crippen molar-refractivity contribution in [1.29, 1.82) is 0 Å². The number of nitrogens with zero attached hydrogens (tertiary/aromatic N) is 2. The average molecular weight is 413 g/mol. The molecule has 5 heteroatoms. The molecule has 3 aromatic carbocycles. The second-order valence-corrected chi connectivity index (χ2v) is 6.98. The van der Waals surface area contributed by atoms with Gasteiger partial charge in [0.2, 0.25) is 0 Å². The third-order valence-electron chi connectivity index (χ3n) is 4.44. The number of anilines is 1. The average Bonchev–Trinajstić information content (AvgIpc) is 3.08. The molecule has 26 heavy (non-hydrogen) atoms. The Morgan fingerprint density at radius 1 is 0.846 bits per heavy atom. The number of hydrazone groups is 1. The van der Waals surface area contributed by atoms with E-state index >= 15 is 0 Å². The summed E-state index contributed by atoms with van der Waals surface area (Å²) in [4.78, 5) is 0. The van der Waals surface area contributed by atoms with Crippen LogP contribution in [0.25, 0.3) is 0 Å². The molecule has 0 aromatic heterocycles. The summed E-state index contributed by atoms with van der Waals surface area (Å²) in [5, 5.41) is 6.74. The minimum absolute atomic E-state index is 0.0608. The van der Waals surface area contributed by atoms with Gasteiger partial charge in [0.15, 0.2) is 0 Å². The van der Waals surface area contributed by atoms with Crippen LogP contribution in [0.1, 0.15) is 23.6 Å². The van der Waals surface area contributed by atoms with E-state index < -0.39 is 0 Å². The highest BCUT2D eigenvalue weighted by atomic mass is 79.9. The summed E-state index contributed by atoms with van der Waals surface area (Å²) in [7, 11) is 0. The fourth-order valence-corrected chi connectivity index (χ4v) is 3.60. The summed E-state index contributed by atoms with van der Waals surface area (Å²) in [6.07, 6.45) is 0.651. The van der Waals surface area contributed by atoms with E-state index in [2.05, 4.69) is 15.9 Å². The minimum atomic E-state index is -0.273. The second-order valence-electron chi connectivity index (χ2n) is 6.12. The molecule has 2 nitrogen and oxygen atoms in total. The van der Waals surface area contributed by atoms with Crippen LogP contribution in [0.15, 0.2) is 82.4 Å². The van der Waals surface area contributed by atoms with Crippen LogP contribution in [0, 0.1) is 11.6 Å². The predicted molar refractivity (Wildman–Crippen MR) is 103 cm³/mol. The standard InChI is InChI=1S/C21H15BrF2N2/c22-18-3-1-2-4-20(18)26-21(15-7-11-17(24)12-8-15)13-19(25-26)14-5-9-16(23)10-6-14/h1-12,21H,13H2. The van der Waals surface area contributed by atoms with Crippen molar-refractivity contribution >= 4 is 27.3 Å². The first-order valence-corrected chi connectivity index (χ1v) is 9.04. The van der Waals surface area contributed by atoms with Gasteiger partial charge in [0.1, 0.15) is 11.6 Å². The van der Waals surface area contributed by atoms with Gasteiger partial charge in [0, 0.05) is 10.9 Å². The number of hydrogen-bond acceptors (Lipinski definition) is 2. The van der Waals surface area contributed by atoms with Gasteiger partial charge in [-0.25, -0.2) is 8.78 Å². The van der Waals surface area contributed by atoms with E-state index in [9.17, 15) is 8.78 Å². The normalized spacial score (nSPS) is 16.7. The topological polar surface area (TPSA) is 15.6 Å². The lowest BCUT2D eigenvalue weighted by Gasteiger charge is -2.25. The van der Waals surface area contributed by atoms with Crippen molar-refractivity contribution in [2.45, 2.75) is 12.5 Å². The van der Waals surface area contributed by atoms with Gasteiger partial charge in [-0.2, -0.15) is 5.10 Å². The summed E-state index contributed by atoms with van der Waals surface area (Å²) in [5.41, 5.74) is 3.66. The van der Waals surface area contributed by atoms with Crippen molar-refractivity contribution in [3.63, 3.8) is 0 Å². The molecule has 4 rings (SSSR count). The smallest absolute Gasteiger partial charge is 0.123 e. The summed E-state index contributed by atoms with van der Waals surface area (Å²) >= 11 is 3.58. The van der Waals surface area contributed by atoms with Crippen LogP contribution < -0.4 is 5.01 Å². The van der Waals surface area contributed by atoms with E-state index in [1.54, 1.807) is 24.3 Å². The molecule has 1 heterocycles. The Labute approximate surface area is 158 Å². The van der Waals surface area contributed by atoms with Crippen LogP contribution in [0.5, 0.6) is 0 Å². The Morgan fingerprint density at radius 2 is 1.46 bits per heavy atom. The van der Waals surface area contributed by atoms with E-state index in [-0.39, 0.29) is 17.7 Å². The maximum Gasteiger partial charge on any atom is 0.123 e. The zero-order valence-corrected chi connectivity index (χ0v) is 15.3. The number of rotatable bonds is 3. The second kappa shape index (κ2) is 7.00. The maximum atomic E-state index is 13.4. The molecule has 0 saturated heterocycles. The Bertz CT molecular complexity index is 953. The lowest BCUT2D eigenvalue weighted by atomic mass is 9.98. The first-order valence-electron chi connectivity index (χ1n) is 8.24. The highest BCUT2D eigenvalue weighted by Gasteiger charge is 2.30. The molecule has 0 N–H and O–H groups in total. The largest absolute Gasteiger partial charge is 0.256 e. The summed E-state index contributed by atoms with van der Waals surface area (Å²) < 4.78 is 27.5. The molecule has 0 bridgehead atoms. The maximum absolute atomic E-state index is 13.4. The zero-order chi connectivity index (χ0) is 18.1. The van der Waals surface area contributed by atoms with Gasteiger partial charge in [-0.05, 0) is 63.5 Å². The molecule has 0 spiro atoms. The van der Waals surface area contributed by atoms with Crippen molar-refractivity contribution in [3.05, 3.63) is 100 Å². The first-order chi connectivity index (χ1) is 12.6. The Hall–Kier alpha value is -2.53. The highest BCUT2D eigenvalue weighted by molar-refractivity contribution is 9.10. The lowest BCUT2D eigenvalue weighted by Crippen LogP contribution is -2.18. The van der Waals surface area contributed by atoms with E-state index in [0.717, 1.165) is 27.0 Å². The molecule has 0 radical (unpaired) electrons. The van der Waals surface area contributed by atoms with Crippen LogP contribution in [-0.4, -0.2) is 5.71 Å². The number of halogens is 3. The van der Waals surface area contributed by atoms with Gasteiger partial charge in [0.25, 0.3) is 0 Å². The molecule has 130 valence electrons. The van der Waals surface area contributed by atoms with E-state index in [4.69, 9.17) is 5.10 Å². The number of para-hydroxylation sites is 1. The van der Waals surface area contributed by atoms with Crippen LogP contribution >= 0.6 is 15.9 Å². The van der Waals surface area contributed by atoms with Crippen LogP contribution in [0.3, 0.4) is 0 Å². The zero-order valence-electron chi connectivity index (χ0n) is 13.7. The Morgan fingerprint density at radius 3 is 2.12 bits per heavy atom. The minimum Gasteiger partial charge on any atom is -0.256 e. The number of hydrogen-bond donors (Lipinski definition) is 0. The third-order valence-corrected chi connectivity index (χ3v) is 5.11. The summed E-state index contributed by atoms with van der Waals surface area (Å²) in [5.74, 6) is -0.538. The Balaban J connectivity index is 1.77. The van der Waals surface area contributed by atoms with Crippen LogP contribution in [0.4, 0.5) is 14.5 Å². The quantitative estimate of drug-likeness (QED) is 0.508. The fraction of sp³-hybridized carbons (Fsp3) is 0.0952. The van der Waals surface area contributed by atoms with Gasteiger partial charge < -0.3 is 0 Å². The van der Waals surface area contributed by atoms with Crippen LogP contribution in [-0.2, 0) is 0 Å². The van der Waals surface area contributed by atoms with Gasteiger partial charge in [-0.1, -0.05) is 36.4 Å². The molecular formula is C21H15BrF2N2. The first kappa shape index (κ1) is 16.9. The van der Waals surface area contributed by atoms with Crippen molar-refractivity contribution in [2.24, 2.45) is 5.10 Å². The van der Waals surface area contributed by atoms with Gasteiger partial charge in [-0.3, -0.25) is 5.01 Å². The van der Waals surface area contributed by atoms with Crippen molar-refractivity contribution in [3.8, 4) is 0 Å².